The van der Waals surface area contributed by atoms with E-state index in [2.05, 4.69) is 14.9 Å². The SMILES string of the molecule is CCc1nnc(-c2c(C)c(S(=O)(=O)NCc3ccc(F)cc3F)c(C)n2C)o1. The van der Waals surface area contributed by atoms with Crippen molar-refractivity contribution in [2.75, 3.05) is 0 Å². The normalized spacial score (nSPS) is 11.9. The lowest BCUT2D eigenvalue weighted by molar-refractivity contribution is 0.508. The molecular formula is C18H20F2N4O3S. The molecule has 0 aliphatic carbocycles. The zero-order valence-electron chi connectivity index (χ0n) is 15.9. The molecule has 3 aromatic rings. The van der Waals surface area contributed by atoms with Crippen LogP contribution in [0.2, 0.25) is 0 Å². The summed E-state index contributed by atoms with van der Waals surface area (Å²) in [6.45, 7) is 4.86. The summed E-state index contributed by atoms with van der Waals surface area (Å²) in [6.07, 6.45) is 0.561. The van der Waals surface area contributed by atoms with Crippen molar-refractivity contribution in [3.63, 3.8) is 0 Å². The summed E-state index contributed by atoms with van der Waals surface area (Å²) in [7, 11) is -2.28. The fourth-order valence-corrected chi connectivity index (χ4v) is 4.57. The molecule has 0 saturated heterocycles. The van der Waals surface area contributed by atoms with Crippen LogP contribution in [0.25, 0.3) is 11.6 Å². The first kappa shape index (κ1) is 20.2. The zero-order valence-corrected chi connectivity index (χ0v) is 16.7. The highest BCUT2D eigenvalue weighted by molar-refractivity contribution is 7.89. The fraction of sp³-hybridized carbons (Fsp3) is 0.333. The Labute approximate surface area is 161 Å². The van der Waals surface area contributed by atoms with Gasteiger partial charge in [0.1, 0.15) is 22.2 Å². The minimum Gasteiger partial charge on any atom is -0.419 e. The van der Waals surface area contributed by atoms with Crippen LogP contribution in [0.3, 0.4) is 0 Å². The summed E-state index contributed by atoms with van der Waals surface area (Å²) in [5.41, 5.74) is 1.45. The van der Waals surface area contributed by atoms with Gasteiger partial charge in [0.15, 0.2) is 0 Å². The standard InChI is InChI=1S/C18H20F2N4O3S/c1-5-15-22-23-18(27-15)16-10(2)17(11(3)24(16)4)28(25,26)21-9-12-6-7-13(19)8-14(12)20/h6-8,21H,5,9H2,1-4H3. The molecule has 0 spiro atoms. The smallest absolute Gasteiger partial charge is 0.264 e. The highest BCUT2D eigenvalue weighted by atomic mass is 32.2. The predicted octanol–water partition coefficient (Wildman–Crippen LogP) is 3.01. The van der Waals surface area contributed by atoms with E-state index >= 15 is 0 Å². The van der Waals surface area contributed by atoms with Gasteiger partial charge in [0.05, 0.1) is 0 Å². The molecule has 0 atom stereocenters. The lowest BCUT2D eigenvalue weighted by Crippen LogP contribution is -2.25. The third-order valence-electron chi connectivity index (χ3n) is 4.57. The van der Waals surface area contributed by atoms with E-state index in [1.54, 1.807) is 25.5 Å². The van der Waals surface area contributed by atoms with E-state index in [0.717, 1.165) is 6.07 Å². The Balaban J connectivity index is 1.96. The molecule has 0 amide bonds. The number of nitrogens with one attached hydrogen (secondary N) is 1. The lowest BCUT2D eigenvalue weighted by Gasteiger charge is -2.09. The van der Waals surface area contributed by atoms with E-state index in [1.165, 1.54) is 6.07 Å². The average Bonchev–Trinajstić information content (AvgIpc) is 3.17. The maximum atomic E-state index is 13.8. The summed E-state index contributed by atoms with van der Waals surface area (Å²) in [4.78, 5) is 0.0590. The molecule has 0 aliphatic rings. The van der Waals surface area contributed by atoms with Gasteiger partial charge >= 0.3 is 0 Å². The van der Waals surface area contributed by atoms with Crippen LogP contribution in [0, 0.1) is 25.5 Å². The Morgan fingerprint density at radius 3 is 2.54 bits per heavy atom. The van der Waals surface area contributed by atoms with E-state index in [9.17, 15) is 17.2 Å². The van der Waals surface area contributed by atoms with Gasteiger partial charge in [0.2, 0.25) is 15.9 Å². The number of sulfonamides is 1. The van der Waals surface area contributed by atoms with Gasteiger partial charge in [-0.2, -0.15) is 0 Å². The van der Waals surface area contributed by atoms with E-state index in [-0.39, 0.29) is 22.9 Å². The number of aryl methyl sites for hydroxylation is 1. The van der Waals surface area contributed by atoms with Gasteiger partial charge < -0.3 is 8.98 Å². The number of nitrogens with zero attached hydrogens (tertiary/aromatic N) is 3. The Bertz CT molecular complexity index is 1140. The van der Waals surface area contributed by atoms with Crippen LogP contribution in [-0.4, -0.2) is 23.2 Å². The molecule has 1 aromatic carbocycles. The molecule has 10 heteroatoms. The summed E-state index contributed by atoms with van der Waals surface area (Å²) >= 11 is 0. The molecule has 1 N–H and O–H groups in total. The van der Waals surface area contributed by atoms with Crippen LogP contribution in [0.1, 0.15) is 29.6 Å². The van der Waals surface area contributed by atoms with Gasteiger partial charge in [-0.1, -0.05) is 13.0 Å². The molecule has 2 heterocycles. The first-order valence-corrected chi connectivity index (χ1v) is 10.1. The van der Waals surface area contributed by atoms with Gasteiger partial charge in [0.25, 0.3) is 5.89 Å². The van der Waals surface area contributed by atoms with Crippen molar-refractivity contribution < 1.29 is 21.6 Å². The molecule has 28 heavy (non-hydrogen) atoms. The monoisotopic (exact) mass is 410 g/mol. The molecule has 0 fully saturated rings. The molecule has 2 aromatic heterocycles. The second kappa shape index (κ2) is 7.44. The Kier molecular flexibility index (Phi) is 5.35. The van der Waals surface area contributed by atoms with E-state index in [0.29, 0.717) is 35.3 Å². The summed E-state index contributed by atoms with van der Waals surface area (Å²) in [5.74, 6) is -0.870. The Morgan fingerprint density at radius 2 is 1.93 bits per heavy atom. The van der Waals surface area contributed by atoms with Crippen LogP contribution < -0.4 is 4.72 Å². The fourth-order valence-electron chi connectivity index (χ4n) is 3.05. The average molecular weight is 410 g/mol. The van der Waals surface area contributed by atoms with Crippen molar-refractivity contribution >= 4 is 10.0 Å². The highest BCUT2D eigenvalue weighted by Gasteiger charge is 2.28. The van der Waals surface area contributed by atoms with Crippen LogP contribution in [0.4, 0.5) is 8.78 Å². The van der Waals surface area contributed by atoms with E-state index in [4.69, 9.17) is 4.42 Å². The third kappa shape index (κ3) is 3.57. The highest BCUT2D eigenvalue weighted by Crippen LogP contribution is 2.32. The Morgan fingerprint density at radius 1 is 1.21 bits per heavy atom. The largest absolute Gasteiger partial charge is 0.419 e. The summed E-state index contributed by atoms with van der Waals surface area (Å²) in [6, 6.07) is 2.99. The van der Waals surface area contributed by atoms with Crippen LogP contribution in [0.5, 0.6) is 0 Å². The van der Waals surface area contributed by atoms with E-state index < -0.39 is 21.7 Å². The van der Waals surface area contributed by atoms with Gasteiger partial charge in [0, 0.05) is 42.9 Å². The lowest BCUT2D eigenvalue weighted by atomic mass is 10.2. The minimum atomic E-state index is -3.98. The molecule has 0 unspecified atom stereocenters. The van der Waals surface area contributed by atoms with Gasteiger partial charge in [-0.05, 0) is 19.9 Å². The minimum absolute atomic E-state index is 0.0425. The number of rotatable bonds is 6. The van der Waals surface area contributed by atoms with Gasteiger partial charge in [-0.15, -0.1) is 10.2 Å². The van der Waals surface area contributed by atoms with Crippen molar-refractivity contribution in [3.8, 4) is 11.6 Å². The maximum Gasteiger partial charge on any atom is 0.264 e. The molecule has 0 bridgehead atoms. The second-order valence-corrected chi connectivity index (χ2v) is 8.07. The quantitative estimate of drug-likeness (QED) is 0.675. The van der Waals surface area contributed by atoms with Gasteiger partial charge in [-0.25, -0.2) is 21.9 Å². The molecule has 0 saturated carbocycles. The molecule has 150 valence electrons. The first-order valence-electron chi connectivity index (χ1n) is 8.58. The van der Waals surface area contributed by atoms with E-state index in [1.807, 2.05) is 6.92 Å². The molecule has 7 nitrogen and oxygen atoms in total. The number of halogens is 2. The number of hydrogen-bond donors (Lipinski definition) is 1. The topological polar surface area (TPSA) is 90.0 Å². The van der Waals surface area contributed by atoms with Crippen molar-refractivity contribution in [1.29, 1.82) is 0 Å². The number of hydrogen-bond acceptors (Lipinski definition) is 5. The van der Waals surface area contributed by atoms with Gasteiger partial charge in [-0.3, -0.25) is 0 Å². The predicted molar refractivity (Wildman–Crippen MR) is 97.9 cm³/mol. The van der Waals surface area contributed by atoms with Crippen molar-refractivity contribution in [2.45, 2.75) is 38.6 Å². The number of aromatic nitrogens is 3. The van der Waals surface area contributed by atoms with Crippen molar-refractivity contribution in [3.05, 3.63) is 52.5 Å². The molecule has 3 rings (SSSR count). The Hall–Kier alpha value is -2.59. The molecule has 0 aliphatic heterocycles. The van der Waals surface area contributed by atoms with Crippen LogP contribution in [0.15, 0.2) is 27.5 Å². The molecule has 0 radical (unpaired) electrons. The maximum absolute atomic E-state index is 13.8. The molecular weight excluding hydrogens is 390 g/mol. The van der Waals surface area contributed by atoms with Crippen LogP contribution >= 0.6 is 0 Å². The zero-order chi connectivity index (χ0) is 20.6. The first-order chi connectivity index (χ1) is 13.2. The second-order valence-electron chi connectivity index (χ2n) is 6.36. The van der Waals surface area contributed by atoms with Crippen LogP contribution in [-0.2, 0) is 30.0 Å². The van der Waals surface area contributed by atoms with Crippen molar-refractivity contribution in [1.82, 2.24) is 19.5 Å². The summed E-state index contributed by atoms with van der Waals surface area (Å²) < 4.78 is 62.2. The number of benzene rings is 1. The van der Waals surface area contributed by atoms with Crippen molar-refractivity contribution in [2.24, 2.45) is 7.05 Å². The summed E-state index contributed by atoms with van der Waals surface area (Å²) in [5, 5.41) is 7.91. The third-order valence-corrected chi connectivity index (χ3v) is 6.23.